The highest BCUT2D eigenvalue weighted by Crippen LogP contribution is 2.30. The Kier molecular flexibility index (Phi) is 4.57. The van der Waals surface area contributed by atoms with Gasteiger partial charge in [-0.05, 0) is 34.2 Å². The van der Waals surface area contributed by atoms with Gasteiger partial charge in [0.2, 0.25) is 0 Å². The highest BCUT2D eigenvalue weighted by Gasteiger charge is 2.17. The lowest BCUT2D eigenvalue weighted by molar-refractivity contribution is 0.588. The number of hydrogen-bond donors (Lipinski definition) is 3. The first-order valence-corrected chi connectivity index (χ1v) is 7.32. The Morgan fingerprint density at radius 1 is 1.05 bits per heavy atom. The molecule has 0 spiro atoms. The van der Waals surface area contributed by atoms with E-state index in [2.05, 4.69) is 50.5 Å². The summed E-state index contributed by atoms with van der Waals surface area (Å²) in [6.45, 7) is 6.58. The van der Waals surface area contributed by atoms with Gasteiger partial charge < -0.3 is 5.73 Å². The van der Waals surface area contributed by atoms with Crippen molar-refractivity contribution in [3.05, 3.63) is 64.2 Å². The van der Waals surface area contributed by atoms with Crippen molar-refractivity contribution in [3.63, 3.8) is 0 Å². The zero-order chi connectivity index (χ0) is 15.6. The lowest BCUT2D eigenvalue weighted by Gasteiger charge is -2.22. The van der Waals surface area contributed by atoms with E-state index in [1.165, 1.54) is 5.56 Å². The predicted molar refractivity (Wildman–Crippen MR) is 90.2 cm³/mol. The van der Waals surface area contributed by atoms with E-state index in [1.807, 2.05) is 12.1 Å². The van der Waals surface area contributed by atoms with Crippen molar-refractivity contribution in [1.82, 2.24) is 5.43 Å². The molecule has 0 bridgehead atoms. The number of hydrazine groups is 1. The predicted octanol–water partition coefficient (Wildman–Crippen LogP) is 3.77. The second-order valence-electron chi connectivity index (χ2n) is 6.24. The van der Waals surface area contributed by atoms with Crippen LogP contribution in [0.1, 0.15) is 43.5 Å². The minimum absolute atomic E-state index is 0.128. The Balaban J connectivity index is 2.37. The van der Waals surface area contributed by atoms with E-state index >= 15 is 0 Å². The van der Waals surface area contributed by atoms with Crippen LogP contribution in [0.4, 0.5) is 5.69 Å². The van der Waals surface area contributed by atoms with Crippen LogP contribution in [-0.4, -0.2) is 0 Å². The Labute approximate surface area is 131 Å². The molecule has 0 aliphatic rings. The van der Waals surface area contributed by atoms with Crippen LogP contribution in [0.3, 0.4) is 0 Å². The largest absolute Gasteiger partial charge is 0.398 e. The van der Waals surface area contributed by atoms with Gasteiger partial charge in [-0.3, -0.25) is 5.84 Å². The average Bonchev–Trinajstić information content (AvgIpc) is 2.41. The monoisotopic (exact) mass is 303 g/mol. The molecule has 2 aromatic carbocycles. The van der Waals surface area contributed by atoms with E-state index < -0.39 is 0 Å². The molecular formula is C17H22ClN3. The zero-order valence-corrected chi connectivity index (χ0v) is 13.4. The van der Waals surface area contributed by atoms with Gasteiger partial charge in [0.05, 0.1) is 6.04 Å². The summed E-state index contributed by atoms with van der Waals surface area (Å²) in [4.78, 5) is 0. The quantitative estimate of drug-likeness (QED) is 0.459. The van der Waals surface area contributed by atoms with Gasteiger partial charge >= 0.3 is 0 Å². The van der Waals surface area contributed by atoms with E-state index in [-0.39, 0.29) is 11.5 Å². The second kappa shape index (κ2) is 6.06. The first-order valence-electron chi connectivity index (χ1n) is 6.94. The lowest BCUT2D eigenvalue weighted by atomic mass is 9.85. The molecule has 0 radical (unpaired) electrons. The topological polar surface area (TPSA) is 64.1 Å². The van der Waals surface area contributed by atoms with Crippen molar-refractivity contribution >= 4 is 17.3 Å². The first kappa shape index (κ1) is 15.8. The molecule has 0 saturated heterocycles. The molecule has 0 aliphatic carbocycles. The lowest BCUT2D eigenvalue weighted by Crippen LogP contribution is -2.29. The molecule has 21 heavy (non-hydrogen) atoms. The van der Waals surface area contributed by atoms with Crippen LogP contribution in [0.25, 0.3) is 0 Å². The third kappa shape index (κ3) is 3.56. The van der Waals surface area contributed by atoms with Crippen LogP contribution in [0.15, 0.2) is 42.5 Å². The molecule has 0 aromatic heterocycles. The summed E-state index contributed by atoms with van der Waals surface area (Å²) in [7, 11) is 0. The molecule has 3 nitrogen and oxygen atoms in total. The minimum atomic E-state index is -0.156. The molecule has 0 fully saturated rings. The summed E-state index contributed by atoms with van der Waals surface area (Å²) in [5.74, 6) is 5.73. The van der Waals surface area contributed by atoms with Crippen LogP contribution < -0.4 is 17.0 Å². The third-order valence-corrected chi connectivity index (χ3v) is 3.87. The molecule has 112 valence electrons. The molecule has 0 amide bonds. The maximum Gasteiger partial charge on any atom is 0.0730 e. The summed E-state index contributed by atoms with van der Waals surface area (Å²) >= 11 is 5.95. The van der Waals surface area contributed by atoms with Gasteiger partial charge in [0, 0.05) is 10.7 Å². The van der Waals surface area contributed by atoms with E-state index in [4.69, 9.17) is 23.2 Å². The number of halogens is 1. The highest BCUT2D eigenvalue weighted by atomic mass is 35.5. The number of benzene rings is 2. The van der Waals surface area contributed by atoms with Gasteiger partial charge in [-0.25, -0.2) is 5.43 Å². The van der Waals surface area contributed by atoms with Crippen LogP contribution in [0.5, 0.6) is 0 Å². The van der Waals surface area contributed by atoms with Gasteiger partial charge in [-0.2, -0.15) is 0 Å². The summed E-state index contributed by atoms with van der Waals surface area (Å²) in [5.41, 5.74) is 12.9. The molecule has 2 rings (SSSR count). The second-order valence-corrected chi connectivity index (χ2v) is 6.68. The van der Waals surface area contributed by atoms with Gasteiger partial charge in [0.1, 0.15) is 0 Å². The highest BCUT2D eigenvalue weighted by molar-refractivity contribution is 6.30. The first-order chi connectivity index (χ1) is 9.82. The molecule has 0 heterocycles. The Hall–Kier alpha value is -1.55. The van der Waals surface area contributed by atoms with Crippen LogP contribution in [0.2, 0.25) is 5.02 Å². The van der Waals surface area contributed by atoms with Crippen LogP contribution >= 0.6 is 11.6 Å². The summed E-state index contributed by atoms with van der Waals surface area (Å²) < 4.78 is 0. The molecule has 5 N–H and O–H groups in total. The number of hydrogen-bond acceptors (Lipinski definition) is 3. The summed E-state index contributed by atoms with van der Waals surface area (Å²) in [6, 6.07) is 13.7. The molecule has 0 saturated carbocycles. The van der Waals surface area contributed by atoms with Crippen molar-refractivity contribution in [1.29, 1.82) is 0 Å². The van der Waals surface area contributed by atoms with Crippen molar-refractivity contribution in [2.75, 3.05) is 5.73 Å². The molecule has 1 atom stereocenters. The SMILES string of the molecule is CC(C)(C)c1ccc(C(NN)c2ccc(Cl)cc2N)cc1. The maximum atomic E-state index is 6.05. The fraction of sp³-hybridized carbons (Fsp3) is 0.294. The fourth-order valence-corrected chi connectivity index (χ4v) is 2.53. The standard InChI is InChI=1S/C17H22ClN3/c1-17(2,3)12-6-4-11(5-7-12)16(21-20)14-9-8-13(18)10-15(14)19/h4-10,16,21H,19-20H2,1-3H3. The van der Waals surface area contributed by atoms with Crippen molar-refractivity contribution in [2.45, 2.75) is 32.2 Å². The van der Waals surface area contributed by atoms with Gasteiger partial charge in [0.25, 0.3) is 0 Å². The van der Waals surface area contributed by atoms with Crippen LogP contribution in [-0.2, 0) is 5.41 Å². The van der Waals surface area contributed by atoms with Gasteiger partial charge in [-0.15, -0.1) is 0 Å². The molecular weight excluding hydrogens is 282 g/mol. The molecule has 4 heteroatoms. The van der Waals surface area contributed by atoms with E-state index in [9.17, 15) is 0 Å². The van der Waals surface area contributed by atoms with Crippen LogP contribution in [0, 0.1) is 0 Å². The number of nitrogen functional groups attached to an aromatic ring is 1. The van der Waals surface area contributed by atoms with E-state index in [1.54, 1.807) is 6.07 Å². The zero-order valence-electron chi connectivity index (χ0n) is 12.7. The number of nitrogens with two attached hydrogens (primary N) is 2. The van der Waals surface area contributed by atoms with Crippen molar-refractivity contribution < 1.29 is 0 Å². The molecule has 2 aromatic rings. The van der Waals surface area contributed by atoms with Gasteiger partial charge in [-0.1, -0.05) is 62.7 Å². The fourth-order valence-electron chi connectivity index (χ4n) is 2.35. The Morgan fingerprint density at radius 2 is 1.67 bits per heavy atom. The van der Waals surface area contributed by atoms with Crippen molar-refractivity contribution in [2.24, 2.45) is 5.84 Å². The maximum absolute atomic E-state index is 6.05. The summed E-state index contributed by atoms with van der Waals surface area (Å²) in [6.07, 6.45) is 0. The molecule has 0 aliphatic heterocycles. The smallest absolute Gasteiger partial charge is 0.0730 e. The minimum Gasteiger partial charge on any atom is -0.398 e. The Bertz CT molecular complexity index is 615. The molecule has 1 unspecified atom stereocenters. The van der Waals surface area contributed by atoms with Gasteiger partial charge in [0.15, 0.2) is 0 Å². The number of anilines is 1. The van der Waals surface area contributed by atoms with E-state index in [0.717, 1.165) is 11.1 Å². The van der Waals surface area contributed by atoms with Crippen molar-refractivity contribution in [3.8, 4) is 0 Å². The number of nitrogens with one attached hydrogen (secondary N) is 1. The van der Waals surface area contributed by atoms with E-state index in [0.29, 0.717) is 10.7 Å². The normalized spacial score (nSPS) is 13.2. The number of rotatable bonds is 3. The Morgan fingerprint density at radius 3 is 2.14 bits per heavy atom. The summed E-state index contributed by atoms with van der Waals surface area (Å²) in [5, 5.41) is 0.620. The average molecular weight is 304 g/mol. The third-order valence-electron chi connectivity index (χ3n) is 3.64.